The van der Waals surface area contributed by atoms with Gasteiger partial charge in [0.1, 0.15) is 23.9 Å². The molecule has 11 nitrogen and oxygen atoms in total. The maximum atomic E-state index is 13.1. The van der Waals surface area contributed by atoms with Crippen molar-refractivity contribution in [2.24, 2.45) is 5.92 Å². The molecule has 2 fully saturated rings. The van der Waals surface area contributed by atoms with Crippen LogP contribution in [0.15, 0.2) is 47.1 Å². The Hall–Kier alpha value is -3.28. The summed E-state index contributed by atoms with van der Waals surface area (Å²) in [5.74, 6) is -3.75. The molecule has 0 aromatic rings. The van der Waals surface area contributed by atoms with Crippen molar-refractivity contribution in [2.75, 3.05) is 7.11 Å². The minimum absolute atomic E-state index is 0.162. The van der Waals surface area contributed by atoms with Crippen molar-refractivity contribution in [2.45, 2.75) is 123 Å². The van der Waals surface area contributed by atoms with Gasteiger partial charge in [-0.25, -0.2) is 14.4 Å². The van der Waals surface area contributed by atoms with Gasteiger partial charge in [-0.05, 0) is 67.9 Å². The summed E-state index contributed by atoms with van der Waals surface area (Å²) in [5, 5.41) is 11.1. The van der Waals surface area contributed by atoms with Crippen molar-refractivity contribution in [3.8, 4) is 0 Å². The van der Waals surface area contributed by atoms with E-state index in [1.54, 1.807) is 80.5 Å². The largest absolute Gasteiger partial charge is 0.458 e. The standard InChI is InChI=1S/C33H48O11/c1-13-17(4)29(36)41-22(16-23(35)32(9,10)39-12)20(7)24-25(40-21(8)34)27(43-31(38)19(6)15-3)33(11)28(44-33)26(24)42-30(37)18(5)14-2/h13-15,22-28,35H,7,16H2,1-6,8-12H3/b17-13-,18-14-,19-15-/t22?,23?,24-,25+,26+,27+,28-,33+/m1/s1. The average molecular weight is 621 g/mol. The van der Waals surface area contributed by atoms with Crippen LogP contribution in [0.1, 0.15) is 75.7 Å². The summed E-state index contributed by atoms with van der Waals surface area (Å²) in [6.07, 6.45) is -2.03. The second-order valence-corrected chi connectivity index (χ2v) is 12.0. The number of allylic oxidation sites excluding steroid dienone is 3. The molecule has 246 valence electrons. The zero-order chi connectivity index (χ0) is 33.7. The van der Waals surface area contributed by atoms with Crippen LogP contribution in [0.5, 0.6) is 0 Å². The number of rotatable bonds is 13. The Morgan fingerprint density at radius 2 is 1.39 bits per heavy atom. The van der Waals surface area contributed by atoms with Gasteiger partial charge >= 0.3 is 23.9 Å². The summed E-state index contributed by atoms with van der Waals surface area (Å²) in [7, 11) is 1.44. The van der Waals surface area contributed by atoms with Crippen LogP contribution >= 0.6 is 0 Å². The van der Waals surface area contributed by atoms with Crippen LogP contribution in [0.4, 0.5) is 0 Å². The Balaban J connectivity index is 2.74. The molecule has 8 atom stereocenters. The highest BCUT2D eigenvalue weighted by atomic mass is 16.7. The number of methoxy groups -OCH3 is 1. The zero-order valence-electron chi connectivity index (χ0n) is 27.7. The molecule has 0 aromatic heterocycles. The topological polar surface area (TPSA) is 147 Å². The molecule has 1 saturated heterocycles. The molecule has 0 spiro atoms. The van der Waals surface area contributed by atoms with E-state index in [0.29, 0.717) is 16.7 Å². The molecule has 2 unspecified atom stereocenters. The van der Waals surface area contributed by atoms with Crippen LogP contribution < -0.4 is 0 Å². The van der Waals surface area contributed by atoms with Gasteiger partial charge < -0.3 is 33.5 Å². The van der Waals surface area contributed by atoms with Crippen molar-refractivity contribution >= 4 is 23.9 Å². The number of hydrogen-bond donors (Lipinski definition) is 1. The Bertz CT molecular complexity index is 1230. The van der Waals surface area contributed by atoms with E-state index in [9.17, 15) is 24.3 Å². The first kappa shape index (κ1) is 36.9. The highest BCUT2D eigenvalue weighted by molar-refractivity contribution is 5.89. The molecule has 1 aliphatic carbocycles. The van der Waals surface area contributed by atoms with Gasteiger partial charge in [0.15, 0.2) is 12.2 Å². The van der Waals surface area contributed by atoms with Crippen molar-refractivity contribution in [3.63, 3.8) is 0 Å². The van der Waals surface area contributed by atoms with Gasteiger partial charge in [0, 0.05) is 37.2 Å². The number of carbonyl (C=O) groups excluding carboxylic acids is 4. The van der Waals surface area contributed by atoms with Gasteiger partial charge in [0.05, 0.1) is 17.6 Å². The fraction of sp³-hybridized carbons (Fsp3) is 0.636. The first-order valence-corrected chi connectivity index (χ1v) is 14.7. The third-order valence-electron chi connectivity index (χ3n) is 8.66. The first-order valence-electron chi connectivity index (χ1n) is 14.7. The van der Waals surface area contributed by atoms with E-state index in [-0.39, 0.29) is 12.0 Å². The summed E-state index contributed by atoms with van der Waals surface area (Å²) in [4.78, 5) is 51.6. The fourth-order valence-electron chi connectivity index (χ4n) is 4.93. The lowest BCUT2D eigenvalue weighted by molar-refractivity contribution is -0.186. The SMILES string of the molecule is C=C(C(CC(O)C(C)(C)OC)OC(=O)/C(C)=C\C)[C@H]1[C@H](OC(=O)/C(C)=C\C)[C@H]2O[C@@]2(C)[C@@H](OC(=O)/C(C)=C\C)[C@H]1OC(C)=O. The van der Waals surface area contributed by atoms with Crippen molar-refractivity contribution in [3.05, 3.63) is 47.1 Å². The Morgan fingerprint density at radius 3 is 1.86 bits per heavy atom. The smallest absolute Gasteiger partial charge is 0.333 e. The predicted octanol–water partition coefficient (Wildman–Crippen LogP) is 4.07. The second kappa shape index (κ2) is 14.7. The molecule has 0 aromatic carbocycles. The average Bonchev–Trinajstić information content (AvgIpc) is 3.68. The summed E-state index contributed by atoms with van der Waals surface area (Å²) in [6, 6.07) is 0. The third-order valence-corrected chi connectivity index (χ3v) is 8.66. The molecule has 1 aliphatic heterocycles. The van der Waals surface area contributed by atoms with E-state index >= 15 is 0 Å². The van der Waals surface area contributed by atoms with Gasteiger partial charge in [-0.15, -0.1) is 0 Å². The van der Waals surface area contributed by atoms with E-state index in [2.05, 4.69) is 6.58 Å². The van der Waals surface area contributed by atoms with Crippen LogP contribution in [0, 0.1) is 5.92 Å². The van der Waals surface area contributed by atoms with E-state index in [1.165, 1.54) is 14.0 Å². The van der Waals surface area contributed by atoms with E-state index in [1.807, 2.05) is 0 Å². The predicted molar refractivity (Wildman–Crippen MR) is 161 cm³/mol. The lowest BCUT2D eigenvalue weighted by Gasteiger charge is -2.44. The molecule has 0 radical (unpaired) electrons. The molecule has 0 amide bonds. The van der Waals surface area contributed by atoms with Crippen LogP contribution in [-0.2, 0) is 47.6 Å². The lowest BCUT2D eigenvalue weighted by Crippen LogP contribution is -2.60. The van der Waals surface area contributed by atoms with Crippen molar-refractivity contribution in [1.29, 1.82) is 0 Å². The molecular weight excluding hydrogens is 572 g/mol. The Kier molecular flexibility index (Phi) is 12.3. The molecule has 0 bridgehead atoms. The lowest BCUT2D eigenvalue weighted by atomic mass is 9.71. The number of esters is 4. The molecular formula is C33H48O11. The minimum Gasteiger partial charge on any atom is -0.458 e. The van der Waals surface area contributed by atoms with Crippen LogP contribution in [-0.4, -0.2) is 83.9 Å². The second-order valence-electron chi connectivity index (χ2n) is 12.0. The van der Waals surface area contributed by atoms with Gasteiger partial charge in [-0.3, -0.25) is 4.79 Å². The summed E-state index contributed by atoms with van der Waals surface area (Å²) < 4.78 is 35.1. The maximum absolute atomic E-state index is 13.1. The van der Waals surface area contributed by atoms with Gasteiger partial charge in [-0.1, -0.05) is 24.8 Å². The van der Waals surface area contributed by atoms with Gasteiger partial charge in [0.2, 0.25) is 0 Å². The number of fused-ring (bicyclic) bond motifs is 1. The summed E-state index contributed by atoms with van der Waals surface area (Å²) >= 11 is 0. The summed E-state index contributed by atoms with van der Waals surface area (Å²) in [5.41, 5.74) is -1.11. The van der Waals surface area contributed by atoms with Crippen LogP contribution in [0.2, 0.25) is 0 Å². The molecule has 1 heterocycles. The third kappa shape index (κ3) is 8.05. The number of epoxide rings is 1. The quantitative estimate of drug-likeness (QED) is 0.104. The zero-order valence-corrected chi connectivity index (χ0v) is 27.7. The fourth-order valence-corrected chi connectivity index (χ4v) is 4.93. The number of aliphatic hydroxyl groups is 1. The highest BCUT2D eigenvalue weighted by Gasteiger charge is 2.74. The summed E-state index contributed by atoms with van der Waals surface area (Å²) in [6.45, 7) is 20.3. The minimum atomic E-state index is -1.27. The number of carbonyl (C=O) groups is 4. The molecule has 2 aliphatic rings. The number of hydrogen-bond acceptors (Lipinski definition) is 11. The van der Waals surface area contributed by atoms with E-state index < -0.39 is 77.6 Å². The van der Waals surface area contributed by atoms with Gasteiger partial charge in [0.25, 0.3) is 0 Å². The molecule has 1 N–H and O–H groups in total. The first-order chi connectivity index (χ1) is 20.4. The normalized spacial score (nSPS) is 28.6. The van der Waals surface area contributed by atoms with Gasteiger partial charge in [-0.2, -0.15) is 0 Å². The van der Waals surface area contributed by atoms with Crippen LogP contribution in [0.3, 0.4) is 0 Å². The Morgan fingerprint density at radius 1 is 0.886 bits per heavy atom. The van der Waals surface area contributed by atoms with Crippen molar-refractivity contribution < 1.29 is 52.7 Å². The van der Waals surface area contributed by atoms with Crippen molar-refractivity contribution in [1.82, 2.24) is 0 Å². The highest BCUT2D eigenvalue weighted by Crippen LogP contribution is 2.55. The molecule has 1 saturated carbocycles. The molecule has 11 heteroatoms. The van der Waals surface area contributed by atoms with E-state index in [0.717, 1.165) is 0 Å². The number of aliphatic hydroxyl groups excluding tert-OH is 1. The molecule has 44 heavy (non-hydrogen) atoms. The Labute approximate surface area is 260 Å². The number of ether oxygens (including phenoxy) is 6. The monoisotopic (exact) mass is 620 g/mol. The molecule has 2 rings (SSSR count). The van der Waals surface area contributed by atoms with Crippen LogP contribution in [0.25, 0.3) is 0 Å². The van der Waals surface area contributed by atoms with E-state index in [4.69, 9.17) is 28.4 Å². The maximum Gasteiger partial charge on any atom is 0.333 e.